The van der Waals surface area contributed by atoms with E-state index >= 15 is 0 Å². The van der Waals surface area contributed by atoms with Crippen LogP contribution in [-0.4, -0.2) is 48.5 Å². The van der Waals surface area contributed by atoms with E-state index in [4.69, 9.17) is 0 Å². The average molecular weight is 214 g/mol. The molecule has 0 saturated carbocycles. The lowest BCUT2D eigenvalue weighted by Crippen LogP contribution is -2.39. The van der Waals surface area contributed by atoms with Crippen LogP contribution in [-0.2, 0) is 4.79 Å². The Balaban J connectivity index is 1.70. The summed E-state index contributed by atoms with van der Waals surface area (Å²) in [6.07, 6.45) is 2.47. The van der Waals surface area contributed by atoms with Crippen molar-refractivity contribution in [2.75, 3.05) is 37.7 Å². The largest absolute Gasteiger partial charge is 0.341 e. The van der Waals surface area contributed by atoms with E-state index in [0.29, 0.717) is 11.7 Å². The lowest BCUT2D eigenvalue weighted by Gasteiger charge is -2.27. The molecular weight excluding hydrogens is 196 g/mol. The fourth-order valence-electron chi connectivity index (χ4n) is 2.09. The number of nitrogens with one attached hydrogen (secondary N) is 1. The molecule has 1 unspecified atom stereocenters. The van der Waals surface area contributed by atoms with Crippen LogP contribution in [0.4, 0.5) is 0 Å². The van der Waals surface area contributed by atoms with Crippen LogP contribution >= 0.6 is 11.8 Å². The van der Waals surface area contributed by atoms with Crippen LogP contribution in [0.2, 0.25) is 0 Å². The molecular formula is C10H18N2OS. The molecule has 4 heteroatoms. The summed E-state index contributed by atoms with van der Waals surface area (Å²) in [7, 11) is 0. The van der Waals surface area contributed by atoms with Crippen LogP contribution in [0.3, 0.4) is 0 Å². The molecule has 2 aliphatic rings. The van der Waals surface area contributed by atoms with Crippen molar-refractivity contribution in [1.29, 1.82) is 0 Å². The molecule has 0 aromatic rings. The van der Waals surface area contributed by atoms with Crippen molar-refractivity contribution < 1.29 is 4.79 Å². The minimum absolute atomic E-state index is 0.340. The van der Waals surface area contributed by atoms with Gasteiger partial charge in [0.2, 0.25) is 5.91 Å². The second-order valence-electron chi connectivity index (χ2n) is 4.08. The minimum atomic E-state index is 0.340. The molecule has 1 amide bonds. The highest BCUT2D eigenvalue weighted by atomic mass is 32.2. The fourth-order valence-corrected chi connectivity index (χ4v) is 2.94. The Morgan fingerprint density at radius 3 is 3.21 bits per heavy atom. The highest BCUT2D eigenvalue weighted by Gasteiger charge is 2.20. The molecule has 1 N–H and O–H groups in total. The predicted octanol–water partition coefficient (Wildman–Crippen LogP) is 0.561. The van der Waals surface area contributed by atoms with Gasteiger partial charge in [-0.1, -0.05) is 0 Å². The molecule has 14 heavy (non-hydrogen) atoms. The Hall–Kier alpha value is -0.220. The Kier molecular flexibility index (Phi) is 3.70. The van der Waals surface area contributed by atoms with E-state index < -0.39 is 0 Å². The Labute approximate surface area is 89.6 Å². The van der Waals surface area contributed by atoms with E-state index in [0.717, 1.165) is 37.8 Å². The summed E-state index contributed by atoms with van der Waals surface area (Å²) in [5.41, 5.74) is 0. The molecule has 3 nitrogen and oxygen atoms in total. The van der Waals surface area contributed by atoms with Gasteiger partial charge in [-0.05, 0) is 31.8 Å². The second-order valence-corrected chi connectivity index (χ2v) is 5.19. The van der Waals surface area contributed by atoms with Gasteiger partial charge in [0.25, 0.3) is 0 Å². The van der Waals surface area contributed by atoms with Crippen molar-refractivity contribution in [2.24, 2.45) is 5.92 Å². The molecule has 0 radical (unpaired) electrons. The third kappa shape index (κ3) is 2.64. The standard InChI is InChI=1S/C10H18N2OS/c13-10-8-14-6-5-12(10)4-2-9-1-3-11-7-9/h9,11H,1-8H2. The summed E-state index contributed by atoms with van der Waals surface area (Å²) < 4.78 is 0. The first kappa shape index (κ1) is 10.3. The van der Waals surface area contributed by atoms with E-state index in [2.05, 4.69) is 5.32 Å². The normalized spacial score (nSPS) is 28.4. The van der Waals surface area contributed by atoms with Crippen LogP contribution in [0.25, 0.3) is 0 Å². The first-order chi connectivity index (χ1) is 6.86. The maximum Gasteiger partial charge on any atom is 0.232 e. The number of carbonyl (C=O) groups excluding carboxylic acids is 1. The summed E-state index contributed by atoms with van der Waals surface area (Å²) in [5, 5.41) is 3.36. The Bertz CT molecular complexity index is 204. The summed E-state index contributed by atoms with van der Waals surface area (Å²) in [4.78, 5) is 13.5. The molecule has 1 atom stereocenters. The van der Waals surface area contributed by atoms with Gasteiger partial charge >= 0.3 is 0 Å². The zero-order chi connectivity index (χ0) is 9.80. The maximum atomic E-state index is 11.5. The fraction of sp³-hybridized carbons (Fsp3) is 0.900. The van der Waals surface area contributed by atoms with Crippen molar-refractivity contribution in [3.63, 3.8) is 0 Å². The Morgan fingerprint density at radius 1 is 1.57 bits per heavy atom. The van der Waals surface area contributed by atoms with Crippen molar-refractivity contribution in [3.05, 3.63) is 0 Å². The molecule has 80 valence electrons. The highest BCUT2D eigenvalue weighted by molar-refractivity contribution is 8.00. The summed E-state index contributed by atoms with van der Waals surface area (Å²) in [6, 6.07) is 0. The van der Waals surface area contributed by atoms with E-state index in [1.54, 1.807) is 11.8 Å². The first-order valence-corrected chi connectivity index (χ1v) is 6.58. The lowest BCUT2D eigenvalue weighted by molar-refractivity contribution is -0.128. The number of thioether (sulfide) groups is 1. The van der Waals surface area contributed by atoms with Crippen LogP contribution < -0.4 is 5.32 Å². The van der Waals surface area contributed by atoms with E-state index in [1.165, 1.54) is 12.8 Å². The van der Waals surface area contributed by atoms with E-state index in [-0.39, 0.29) is 0 Å². The Morgan fingerprint density at radius 2 is 2.50 bits per heavy atom. The zero-order valence-corrected chi connectivity index (χ0v) is 9.31. The van der Waals surface area contributed by atoms with Crippen LogP contribution in [0.5, 0.6) is 0 Å². The molecule has 2 fully saturated rings. The third-order valence-corrected chi connectivity index (χ3v) is 3.98. The molecule has 2 heterocycles. The summed E-state index contributed by atoms with van der Waals surface area (Å²) in [5.74, 6) is 2.96. The molecule has 2 saturated heterocycles. The van der Waals surface area contributed by atoms with Gasteiger partial charge < -0.3 is 10.2 Å². The van der Waals surface area contributed by atoms with Gasteiger partial charge in [-0.2, -0.15) is 11.8 Å². The number of amides is 1. The van der Waals surface area contributed by atoms with Crippen LogP contribution in [0.15, 0.2) is 0 Å². The van der Waals surface area contributed by atoms with Crippen molar-refractivity contribution in [2.45, 2.75) is 12.8 Å². The van der Waals surface area contributed by atoms with Crippen LogP contribution in [0, 0.1) is 5.92 Å². The van der Waals surface area contributed by atoms with Crippen molar-refractivity contribution in [3.8, 4) is 0 Å². The number of carbonyl (C=O) groups is 1. The van der Waals surface area contributed by atoms with E-state index in [1.807, 2.05) is 4.90 Å². The molecule has 0 aromatic carbocycles. The van der Waals surface area contributed by atoms with Gasteiger partial charge in [-0.15, -0.1) is 0 Å². The monoisotopic (exact) mass is 214 g/mol. The van der Waals surface area contributed by atoms with E-state index in [9.17, 15) is 4.79 Å². The average Bonchev–Trinajstić information content (AvgIpc) is 2.69. The maximum absolute atomic E-state index is 11.5. The topological polar surface area (TPSA) is 32.3 Å². The molecule has 0 spiro atoms. The quantitative estimate of drug-likeness (QED) is 0.745. The van der Waals surface area contributed by atoms with Crippen LogP contribution in [0.1, 0.15) is 12.8 Å². The zero-order valence-electron chi connectivity index (χ0n) is 8.50. The molecule has 2 rings (SSSR count). The minimum Gasteiger partial charge on any atom is -0.341 e. The molecule has 0 aliphatic carbocycles. The first-order valence-electron chi connectivity index (χ1n) is 5.42. The number of hydrogen-bond donors (Lipinski definition) is 1. The third-order valence-electron chi connectivity index (χ3n) is 3.05. The smallest absolute Gasteiger partial charge is 0.232 e. The molecule has 2 aliphatic heterocycles. The van der Waals surface area contributed by atoms with Crippen molar-refractivity contribution >= 4 is 17.7 Å². The van der Waals surface area contributed by atoms with Gasteiger partial charge in [-0.3, -0.25) is 4.79 Å². The van der Waals surface area contributed by atoms with Gasteiger partial charge in [0.15, 0.2) is 0 Å². The summed E-state index contributed by atoms with van der Waals surface area (Å²) in [6.45, 7) is 4.25. The number of rotatable bonds is 3. The SMILES string of the molecule is O=C1CSCCN1CCC1CCNC1. The van der Waals surface area contributed by atoms with Gasteiger partial charge in [0.05, 0.1) is 5.75 Å². The van der Waals surface area contributed by atoms with Gasteiger partial charge in [0.1, 0.15) is 0 Å². The predicted molar refractivity (Wildman–Crippen MR) is 59.5 cm³/mol. The highest BCUT2D eigenvalue weighted by Crippen LogP contribution is 2.16. The summed E-state index contributed by atoms with van der Waals surface area (Å²) >= 11 is 1.76. The second kappa shape index (κ2) is 5.03. The molecule has 0 bridgehead atoms. The number of nitrogens with zero attached hydrogens (tertiary/aromatic N) is 1. The van der Waals surface area contributed by atoms with Gasteiger partial charge in [-0.25, -0.2) is 0 Å². The lowest BCUT2D eigenvalue weighted by atomic mass is 10.0. The molecule has 0 aromatic heterocycles. The number of hydrogen-bond acceptors (Lipinski definition) is 3. The van der Waals surface area contributed by atoms with Crippen molar-refractivity contribution in [1.82, 2.24) is 10.2 Å². The van der Waals surface area contributed by atoms with Gasteiger partial charge in [0, 0.05) is 18.8 Å².